The second-order valence-electron chi connectivity index (χ2n) is 3.42. The number of amides is 1. The molecule has 0 saturated carbocycles. The van der Waals surface area contributed by atoms with Gasteiger partial charge in [-0.3, -0.25) is 4.79 Å². The van der Waals surface area contributed by atoms with Gasteiger partial charge < -0.3 is 10.1 Å². The molecule has 1 amide bonds. The van der Waals surface area contributed by atoms with Crippen LogP contribution in [-0.4, -0.2) is 17.3 Å². The largest absolute Gasteiger partial charge is 0.481 e. The summed E-state index contributed by atoms with van der Waals surface area (Å²) >= 11 is 1.14. The number of pyridine rings is 1. The van der Waals surface area contributed by atoms with E-state index in [0.29, 0.717) is 11.6 Å². The van der Waals surface area contributed by atoms with Gasteiger partial charge in [-0.1, -0.05) is 18.2 Å². The van der Waals surface area contributed by atoms with E-state index in [-0.39, 0.29) is 5.24 Å². The summed E-state index contributed by atoms with van der Waals surface area (Å²) in [5.41, 5.74) is 0.643. The van der Waals surface area contributed by atoms with E-state index < -0.39 is 0 Å². The number of hydrogen-bond acceptors (Lipinski definition) is 4. The molecule has 2 aromatic rings. The maximum Gasteiger partial charge on any atom is 0.288 e. The van der Waals surface area contributed by atoms with Gasteiger partial charge in [0.1, 0.15) is 0 Å². The fraction of sp³-hybridized carbons (Fsp3) is 0.0769. The molecule has 0 radical (unpaired) electrons. The zero-order valence-electron chi connectivity index (χ0n) is 9.79. The Balaban J connectivity index is 1.94. The first-order valence-corrected chi connectivity index (χ1v) is 6.13. The van der Waals surface area contributed by atoms with Crippen LogP contribution in [0.1, 0.15) is 0 Å². The van der Waals surface area contributed by atoms with E-state index in [4.69, 9.17) is 4.74 Å². The first kappa shape index (κ1) is 12.4. The lowest BCUT2D eigenvalue weighted by Crippen LogP contribution is -2.04. The molecule has 0 aliphatic rings. The van der Waals surface area contributed by atoms with Crippen molar-refractivity contribution in [3.63, 3.8) is 0 Å². The van der Waals surface area contributed by atoms with Gasteiger partial charge in [0.25, 0.3) is 5.24 Å². The summed E-state index contributed by atoms with van der Waals surface area (Å²) in [6.07, 6.45) is 1.56. The number of ether oxygens (including phenoxy) is 1. The van der Waals surface area contributed by atoms with Gasteiger partial charge in [0.2, 0.25) is 5.88 Å². The number of nitrogens with one attached hydrogen (secondary N) is 1. The van der Waals surface area contributed by atoms with Crippen molar-refractivity contribution in [3.05, 3.63) is 48.7 Å². The molecule has 0 spiro atoms. The third kappa shape index (κ3) is 3.49. The second-order valence-corrected chi connectivity index (χ2v) is 4.46. The first-order valence-electron chi connectivity index (χ1n) is 5.32. The summed E-state index contributed by atoms with van der Waals surface area (Å²) < 4.78 is 4.94. The predicted molar refractivity (Wildman–Crippen MR) is 72.1 cm³/mol. The molecule has 0 fully saturated rings. The van der Waals surface area contributed by atoms with Gasteiger partial charge in [-0.2, -0.15) is 0 Å². The number of anilines is 1. The monoisotopic (exact) mass is 260 g/mol. The van der Waals surface area contributed by atoms with Gasteiger partial charge in [0.15, 0.2) is 0 Å². The summed E-state index contributed by atoms with van der Waals surface area (Å²) in [6.45, 7) is 0. The number of nitrogens with zero attached hydrogens (tertiary/aromatic N) is 1. The molecular weight excluding hydrogens is 248 g/mol. The van der Waals surface area contributed by atoms with E-state index in [1.54, 1.807) is 25.4 Å². The van der Waals surface area contributed by atoms with Crippen molar-refractivity contribution in [2.45, 2.75) is 4.90 Å². The van der Waals surface area contributed by atoms with Crippen LogP contribution in [0, 0.1) is 0 Å². The minimum atomic E-state index is -0.145. The van der Waals surface area contributed by atoms with Gasteiger partial charge in [0, 0.05) is 11.0 Å². The Morgan fingerprint density at radius 1 is 1.22 bits per heavy atom. The minimum Gasteiger partial charge on any atom is -0.481 e. The molecule has 0 aliphatic heterocycles. The van der Waals surface area contributed by atoms with Gasteiger partial charge in [-0.05, 0) is 30.0 Å². The third-order valence-electron chi connectivity index (χ3n) is 2.15. The zero-order valence-corrected chi connectivity index (χ0v) is 10.6. The summed E-state index contributed by atoms with van der Waals surface area (Å²) in [7, 11) is 1.55. The average molecular weight is 260 g/mol. The maximum atomic E-state index is 11.7. The lowest BCUT2D eigenvalue weighted by molar-refractivity contribution is 0.269. The minimum absolute atomic E-state index is 0.145. The van der Waals surface area contributed by atoms with E-state index in [1.807, 2.05) is 30.3 Å². The fourth-order valence-electron chi connectivity index (χ4n) is 1.31. The third-order valence-corrected chi connectivity index (χ3v) is 2.94. The fourth-order valence-corrected chi connectivity index (χ4v) is 1.99. The Hall–Kier alpha value is -2.01. The lowest BCUT2D eigenvalue weighted by Gasteiger charge is -2.05. The molecular formula is C13H12N2O2S. The Morgan fingerprint density at radius 3 is 2.61 bits per heavy atom. The van der Waals surface area contributed by atoms with Crippen LogP contribution < -0.4 is 10.1 Å². The normalized spacial score (nSPS) is 9.83. The molecule has 1 aromatic heterocycles. The molecule has 0 bridgehead atoms. The number of thioether (sulfide) groups is 1. The van der Waals surface area contributed by atoms with Crippen LogP contribution in [-0.2, 0) is 0 Å². The number of methoxy groups -OCH3 is 1. The summed E-state index contributed by atoms with van der Waals surface area (Å²) in [5, 5.41) is 2.60. The van der Waals surface area contributed by atoms with Crippen molar-refractivity contribution in [2.75, 3.05) is 12.4 Å². The van der Waals surface area contributed by atoms with Crippen LogP contribution in [0.25, 0.3) is 0 Å². The van der Waals surface area contributed by atoms with Crippen LogP contribution in [0.3, 0.4) is 0 Å². The van der Waals surface area contributed by atoms with Crippen molar-refractivity contribution in [3.8, 4) is 5.88 Å². The van der Waals surface area contributed by atoms with E-state index in [0.717, 1.165) is 16.7 Å². The first-order chi connectivity index (χ1) is 8.78. The highest BCUT2D eigenvalue weighted by Crippen LogP contribution is 2.20. The second kappa shape index (κ2) is 6.07. The van der Waals surface area contributed by atoms with Crippen LogP contribution >= 0.6 is 11.8 Å². The van der Waals surface area contributed by atoms with Crippen LogP contribution in [0.2, 0.25) is 0 Å². The SMILES string of the molecule is COc1ccc(NC(=O)Sc2ccccc2)cn1. The highest BCUT2D eigenvalue weighted by molar-refractivity contribution is 8.13. The topological polar surface area (TPSA) is 51.2 Å². The van der Waals surface area contributed by atoms with E-state index in [2.05, 4.69) is 10.3 Å². The maximum absolute atomic E-state index is 11.7. The van der Waals surface area contributed by atoms with Crippen molar-refractivity contribution in [2.24, 2.45) is 0 Å². The molecule has 4 nitrogen and oxygen atoms in total. The lowest BCUT2D eigenvalue weighted by atomic mass is 10.4. The Kier molecular flexibility index (Phi) is 4.20. The Morgan fingerprint density at radius 2 is 2.00 bits per heavy atom. The molecule has 0 unspecified atom stereocenters. The molecule has 0 saturated heterocycles. The van der Waals surface area contributed by atoms with Crippen molar-refractivity contribution in [1.82, 2.24) is 4.98 Å². The average Bonchev–Trinajstić information content (AvgIpc) is 2.40. The molecule has 1 aromatic carbocycles. The molecule has 1 heterocycles. The molecule has 92 valence electrons. The quantitative estimate of drug-likeness (QED) is 0.859. The smallest absolute Gasteiger partial charge is 0.288 e. The number of rotatable bonds is 3. The van der Waals surface area contributed by atoms with Gasteiger partial charge >= 0.3 is 0 Å². The molecule has 0 aliphatic carbocycles. The van der Waals surface area contributed by atoms with Crippen LogP contribution in [0.5, 0.6) is 5.88 Å². The Labute approximate surface area is 109 Å². The number of carbonyl (C=O) groups excluding carboxylic acids is 1. The van der Waals surface area contributed by atoms with E-state index in [9.17, 15) is 4.79 Å². The van der Waals surface area contributed by atoms with Crippen molar-refractivity contribution < 1.29 is 9.53 Å². The van der Waals surface area contributed by atoms with Crippen LogP contribution in [0.4, 0.5) is 10.5 Å². The van der Waals surface area contributed by atoms with Gasteiger partial charge in [-0.15, -0.1) is 0 Å². The standard InChI is InChI=1S/C13H12N2O2S/c1-17-12-8-7-10(9-14-12)15-13(16)18-11-5-3-2-4-6-11/h2-9H,1H3,(H,15,16). The van der Waals surface area contributed by atoms with Crippen molar-refractivity contribution >= 4 is 22.7 Å². The number of aromatic nitrogens is 1. The number of carbonyl (C=O) groups is 1. The summed E-state index contributed by atoms with van der Waals surface area (Å²) in [4.78, 5) is 16.6. The summed E-state index contributed by atoms with van der Waals surface area (Å²) in [5.74, 6) is 0.517. The molecule has 0 atom stereocenters. The highest BCUT2D eigenvalue weighted by atomic mass is 32.2. The number of benzene rings is 1. The zero-order chi connectivity index (χ0) is 12.8. The van der Waals surface area contributed by atoms with Gasteiger partial charge in [0.05, 0.1) is 19.0 Å². The summed E-state index contributed by atoms with van der Waals surface area (Å²) in [6, 6.07) is 12.9. The predicted octanol–water partition coefficient (Wildman–Crippen LogP) is 3.41. The van der Waals surface area contributed by atoms with Crippen molar-refractivity contribution in [1.29, 1.82) is 0 Å². The number of hydrogen-bond donors (Lipinski definition) is 1. The van der Waals surface area contributed by atoms with E-state index >= 15 is 0 Å². The van der Waals surface area contributed by atoms with E-state index in [1.165, 1.54) is 0 Å². The van der Waals surface area contributed by atoms with Crippen LogP contribution in [0.15, 0.2) is 53.6 Å². The Bertz CT molecular complexity index is 514. The molecule has 18 heavy (non-hydrogen) atoms. The molecule has 1 N–H and O–H groups in total. The highest BCUT2D eigenvalue weighted by Gasteiger charge is 2.05. The van der Waals surface area contributed by atoms with Gasteiger partial charge in [-0.25, -0.2) is 4.98 Å². The molecule has 5 heteroatoms. The molecule has 2 rings (SSSR count).